The second-order valence-corrected chi connectivity index (χ2v) is 4.92. The number of carbonyl (C=O) groups excluding carboxylic acids is 1. The predicted octanol–water partition coefficient (Wildman–Crippen LogP) is 2.18. The Morgan fingerprint density at radius 1 is 1.39 bits per heavy atom. The molecular weight excluding hydrogens is 231 g/mol. The lowest BCUT2D eigenvalue weighted by atomic mass is 9.92. The normalized spacial score (nSPS) is 23.7. The van der Waals surface area contributed by atoms with Crippen LogP contribution in [0.15, 0.2) is 24.3 Å². The molecule has 3 nitrogen and oxygen atoms in total. The summed E-state index contributed by atoms with van der Waals surface area (Å²) in [7, 11) is 1.73. The Morgan fingerprint density at radius 3 is 2.67 bits per heavy atom. The van der Waals surface area contributed by atoms with E-state index in [1.165, 1.54) is 12.1 Å². The molecule has 0 saturated carbocycles. The summed E-state index contributed by atoms with van der Waals surface area (Å²) < 4.78 is 12.9. The van der Waals surface area contributed by atoms with Crippen LogP contribution in [0.3, 0.4) is 0 Å². The fourth-order valence-electron chi connectivity index (χ4n) is 2.38. The number of hydrogen-bond acceptors (Lipinski definition) is 2. The van der Waals surface area contributed by atoms with Gasteiger partial charge in [-0.3, -0.25) is 4.79 Å². The van der Waals surface area contributed by atoms with Crippen molar-refractivity contribution in [2.24, 2.45) is 5.92 Å². The van der Waals surface area contributed by atoms with Crippen LogP contribution in [0.5, 0.6) is 0 Å². The maximum atomic E-state index is 12.9. The van der Waals surface area contributed by atoms with E-state index < -0.39 is 0 Å². The first-order valence-corrected chi connectivity index (χ1v) is 6.36. The van der Waals surface area contributed by atoms with E-state index in [4.69, 9.17) is 0 Å². The highest BCUT2D eigenvalue weighted by molar-refractivity contribution is 5.96. The molecule has 98 valence electrons. The van der Waals surface area contributed by atoms with Gasteiger partial charge in [0.1, 0.15) is 5.82 Å². The topological polar surface area (TPSA) is 32.3 Å². The number of halogens is 1. The molecule has 1 heterocycles. The van der Waals surface area contributed by atoms with Gasteiger partial charge in [0, 0.05) is 12.7 Å². The number of nitrogens with one attached hydrogen (secondary N) is 1. The van der Waals surface area contributed by atoms with Gasteiger partial charge in [0.05, 0.1) is 6.04 Å². The lowest BCUT2D eigenvalue weighted by Gasteiger charge is -2.32. The summed E-state index contributed by atoms with van der Waals surface area (Å²) in [5.41, 5.74) is 0.723. The zero-order chi connectivity index (χ0) is 13.1. The molecule has 1 aliphatic rings. The quantitative estimate of drug-likeness (QED) is 0.872. The molecule has 1 aromatic rings. The summed E-state index contributed by atoms with van der Waals surface area (Å²) in [4.78, 5) is 14.0. The van der Waals surface area contributed by atoms with Crippen LogP contribution in [-0.4, -0.2) is 25.5 Å². The molecule has 1 N–H and O–H groups in total. The SMILES string of the molecule is CC1CCCNC1C(=O)N(C)c1ccc(F)cc1. The minimum absolute atomic E-state index is 0.0498. The lowest BCUT2D eigenvalue weighted by Crippen LogP contribution is -2.51. The number of benzene rings is 1. The monoisotopic (exact) mass is 250 g/mol. The molecule has 18 heavy (non-hydrogen) atoms. The van der Waals surface area contributed by atoms with E-state index in [0.29, 0.717) is 5.92 Å². The van der Waals surface area contributed by atoms with Crippen LogP contribution in [0.25, 0.3) is 0 Å². The molecule has 0 radical (unpaired) electrons. The molecule has 0 aliphatic carbocycles. The fourth-order valence-corrected chi connectivity index (χ4v) is 2.38. The largest absolute Gasteiger partial charge is 0.314 e. The van der Waals surface area contributed by atoms with Gasteiger partial charge < -0.3 is 10.2 Å². The summed E-state index contributed by atoms with van der Waals surface area (Å²) in [6, 6.07) is 5.86. The zero-order valence-corrected chi connectivity index (χ0v) is 10.8. The van der Waals surface area contributed by atoms with Crippen LogP contribution >= 0.6 is 0 Å². The molecule has 0 spiro atoms. The van der Waals surface area contributed by atoms with E-state index in [-0.39, 0.29) is 17.8 Å². The molecule has 1 aromatic carbocycles. The molecule has 1 fully saturated rings. The second kappa shape index (κ2) is 5.48. The Morgan fingerprint density at radius 2 is 2.06 bits per heavy atom. The van der Waals surface area contributed by atoms with Crippen LogP contribution in [0.2, 0.25) is 0 Å². The number of hydrogen-bond donors (Lipinski definition) is 1. The van der Waals surface area contributed by atoms with E-state index in [9.17, 15) is 9.18 Å². The third-order valence-electron chi connectivity index (χ3n) is 3.58. The van der Waals surface area contributed by atoms with Crippen molar-refractivity contribution in [3.63, 3.8) is 0 Å². The molecule has 1 amide bonds. The van der Waals surface area contributed by atoms with Crippen molar-refractivity contribution >= 4 is 11.6 Å². The highest BCUT2D eigenvalue weighted by Gasteiger charge is 2.29. The number of piperidine rings is 1. The van der Waals surface area contributed by atoms with Gasteiger partial charge in [-0.2, -0.15) is 0 Å². The van der Waals surface area contributed by atoms with Crippen molar-refractivity contribution in [1.82, 2.24) is 5.32 Å². The second-order valence-electron chi connectivity index (χ2n) is 4.92. The van der Waals surface area contributed by atoms with Crippen LogP contribution in [0.4, 0.5) is 10.1 Å². The minimum Gasteiger partial charge on any atom is -0.314 e. The van der Waals surface area contributed by atoms with Crippen LogP contribution < -0.4 is 10.2 Å². The summed E-state index contributed by atoms with van der Waals surface area (Å²) in [5.74, 6) is 0.103. The van der Waals surface area contributed by atoms with Gasteiger partial charge in [0.15, 0.2) is 0 Å². The number of rotatable bonds is 2. The van der Waals surface area contributed by atoms with Crippen LogP contribution in [0.1, 0.15) is 19.8 Å². The van der Waals surface area contributed by atoms with Crippen molar-refractivity contribution < 1.29 is 9.18 Å². The first kappa shape index (κ1) is 13.0. The standard InChI is InChI=1S/C14H19FN2O/c1-10-4-3-9-16-13(10)14(18)17(2)12-7-5-11(15)6-8-12/h5-8,10,13,16H,3-4,9H2,1-2H3. The zero-order valence-electron chi connectivity index (χ0n) is 10.8. The smallest absolute Gasteiger partial charge is 0.244 e. The average molecular weight is 250 g/mol. The number of likely N-dealkylation sites (N-methyl/N-ethyl adjacent to an activating group) is 1. The van der Waals surface area contributed by atoms with Gasteiger partial charge in [0.25, 0.3) is 0 Å². The Balaban J connectivity index is 2.10. The van der Waals surface area contributed by atoms with E-state index >= 15 is 0 Å². The molecule has 1 aliphatic heterocycles. The molecule has 4 heteroatoms. The molecule has 0 aromatic heterocycles. The Bertz CT molecular complexity index is 418. The first-order chi connectivity index (χ1) is 8.59. The van der Waals surface area contributed by atoms with E-state index in [1.54, 1.807) is 24.1 Å². The highest BCUT2D eigenvalue weighted by Crippen LogP contribution is 2.20. The van der Waals surface area contributed by atoms with Crippen LogP contribution in [-0.2, 0) is 4.79 Å². The maximum absolute atomic E-state index is 12.9. The first-order valence-electron chi connectivity index (χ1n) is 6.36. The highest BCUT2D eigenvalue weighted by atomic mass is 19.1. The predicted molar refractivity (Wildman–Crippen MR) is 70.0 cm³/mol. The Kier molecular flexibility index (Phi) is 3.97. The summed E-state index contributed by atoms with van der Waals surface area (Å²) in [6.07, 6.45) is 2.19. The van der Waals surface area contributed by atoms with Gasteiger partial charge in [-0.1, -0.05) is 6.92 Å². The molecule has 0 bridgehead atoms. The molecule has 2 atom stereocenters. The van der Waals surface area contributed by atoms with E-state index in [2.05, 4.69) is 12.2 Å². The average Bonchev–Trinajstić information content (AvgIpc) is 2.38. The Labute approximate surface area is 107 Å². The molecule has 2 rings (SSSR count). The van der Waals surface area contributed by atoms with Gasteiger partial charge in [-0.15, -0.1) is 0 Å². The fraction of sp³-hybridized carbons (Fsp3) is 0.500. The third kappa shape index (κ3) is 2.70. The van der Waals surface area contributed by atoms with E-state index in [0.717, 1.165) is 25.1 Å². The van der Waals surface area contributed by atoms with Crippen LogP contribution in [0, 0.1) is 11.7 Å². The lowest BCUT2D eigenvalue weighted by molar-refractivity contribution is -0.121. The van der Waals surface area contributed by atoms with Gasteiger partial charge >= 0.3 is 0 Å². The number of carbonyl (C=O) groups is 1. The van der Waals surface area contributed by atoms with Gasteiger partial charge in [-0.05, 0) is 49.6 Å². The summed E-state index contributed by atoms with van der Waals surface area (Å²) in [5, 5.41) is 3.27. The van der Waals surface area contributed by atoms with Gasteiger partial charge in [-0.25, -0.2) is 4.39 Å². The summed E-state index contributed by atoms with van der Waals surface area (Å²) >= 11 is 0. The number of amides is 1. The van der Waals surface area contributed by atoms with Crippen molar-refractivity contribution in [3.05, 3.63) is 30.1 Å². The van der Waals surface area contributed by atoms with Crippen molar-refractivity contribution in [2.45, 2.75) is 25.8 Å². The maximum Gasteiger partial charge on any atom is 0.244 e. The molecular formula is C14H19FN2O. The molecule has 2 unspecified atom stereocenters. The van der Waals surface area contributed by atoms with Crippen molar-refractivity contribution in [3.8, 4) is 0 Å². The van der Waals surface area contributed by atoms with E-state index in [1.807, 2.05) is 0 Å². The minimum atomic E-state index is -0.288. The molecule has 1 saturated heterocycles. The van der Waals surface area contributed by atoms with Crippen molar-refractivity contribution in [1.29, 1.82) is 0 Å². The third-order valence-corrected chi connectivity index (χ3v) is 3.58. The number of nitrogens with zero attached hydrogens (tertiary/aromatic N) is 1. The number of anilines is 1. The van der Waals surface area contributed by atoms with Gasteiger partial charge in [0.2, 0.25) is 5.91 Å². The van der Waals surface area contributed by atoms with Crippen molar-refractivity contribution in [2.75, 3.05) is 18.5 Å². The Hall–Kier alpha value is -1.42. The summed E-state index contributed by atoms with van der Waals surface area (Å²) in [6.45, 7) is 2.98.